The van der Waals surface area contributed by atoms with Gasteiger partial charge < -0.3 is 14.4 Å². The highest BCUT2D eigenvalue weighted by atomic mass is 16.2. The van der Waals surface area contributed by atoms with E-state index in [0.717, 1.165) is 43.8 Å². The largest absolute Gasteiger partial charge is 0.336 e. The number of rotatable bonds is 5. The molecule has 0 N–H and O–H groups in total. The summed E-state index contributed by atoms with van der Waals surface area (Å²) < 4.78 is 2.21. The van der Waals surface area contributed by atoms with Crippen LogP contribution in [0.25, 0.3) is 10.9 Å². The van der Waals surface area contributed by atoms with E-state index in [-0.39, 0.29) is 5.91 Å². The fraction of sp³-hybridized carbons (Fsp3) is 0.318. The first kappa shape index (κ1) is 16.9. The second-order valence-electron chi connectivity index (χ2n) is 7.26. The van der Waals surface area contributed by atoms with E-state index in [9.17, 15) is 4.79 Å². The van der Waals surface area contributed by atoms with Crippen LogP contribution in [0.3, 0.4) is 0 Å². The van der Waals surface area contributed by atoms with Crippen LogP contribution in [-0.4, -0.2) is 54.0 Å². The summed E-state index contributed by atoms with van der Waals surface area (Å²) in [4.78, 5) is 17.4. The maximum atomic E-state index is 13.3. The van der Waals surface area contributed by atoms with E-state index in [1.54, 1.807) is 0 Å². The normalized spacial score (nSPS) is 14.3. The van der Waals surface area contributed by atoms with Crippen LogP contribution in [0, 0.1) is 0 Å². The lowest BCUT2D eigenvalue weighted by molar-refractivity contribution is 0.0718. The van der Waals surface area contributed by atoms with Gasteiger partial charge >= 0.3 is 0 Å². The number of carbonyl (C=O) groups excluding carboxylic acids is 1. The van der Waals surface area contributed by atoms with Gasteiger partial charge in [-0.15, -0.1) is 0 Å². The van der Waals surface area contributed by atoms with E-state index in [4.69, 9.17) is 0 Å². The van der Waals surface area contributed by atoms with Crippen molar-refractivity contribution in [2.75, 3.05) is 33.7 Å². The third-order valence-corrected chi connectivity index (χ3v) is 5.20. The van der Waals surface area contributed by atoms with Gasteiger partial charge in [0.1, 0.15) is 5.69 Å². The number of amides is 1. The molecule has 0 fully saturated rings. The molecule has 4 nitrogen and oxygen atoms in total. The van der Waals surface area contributed by atoms with Crippen molar-refractivity contribution in [2.24, 2.45) is 0 Å². The number of nitrogens with zero attached hydrogens (tertiary/aromatic N) is 3. The van der Waals surface area contributed by atoms with Crippen LogP contribution >= 0.6 is 0 Å². The Kier molecular flexibility index (Phi) is 4.51. The van der Waals surface area contributed by atoms with Crippen LogP contribution in [0.1, 0.15) is 21.6 Å². The SMILES string of the molecule is CN(C)CCN1CCc2c(n(Cc3ccccc3)c3ccccc23)C1=O. The summed E-state index contributed by atoms with van der Waals surface area (Å²) in [5.41, 5.74) is 4.46. The summed E-state index contributed by atoms with van der Waals surface area (Å²) in [7, 11) is 4.10. The van der Waals surface area contributed by atoms with E-state index in [1.807, 2.05) is 25.1 Å². The summed E-state index contributed by atoms with van der Waals surface area (Å²) in [6.07, 6.45) is 0.927. The summed E-state index contributed by atoms with van der Waals surface area (Å²) in [6, 6.07) is 18.8. The highest BCUT2D eigenvalue weighted by Gasteiger charge is 2.30. The van der Waals surface area contributed by atoms with Crippen LogP contribution in [-0.2, 0) is 13.0 Å². The number of likely N-dealkylation sites (N-methyl/N-ethyl adjacent to an activating group) is 1. The van der Waals surface area contributed by atoms with Gasteiger partial charge in [-0.25, -0.2) is 0 Å². The molecule has 0 aliphatic carbocycles. The second kappa shape index (κ2) is 6.96. The Balaban J connectivity index is 1.78. The number of benzene rings is 2. The first-order chi connectivity index (χ1) is 12.6. The lowest BCUT2D eigenvalue weighted by Gasteiger charge is -2.29. The maximum absolute atomic E-state index is 13.3. The number of hydrogen-bond acceptors (Lipinski definition) is 2. The molecule has 0 unspecified atom stereocenters. The van der Waals surface area contributed by atoms with E-state index in [0.29, 0.717) is 0 Å². The second-order valence-corrected chi connectivity index (χ2v) is 7.26. The molecular weight excluding hydrogens is 322 g/mol. The predicted octanol–water partition coefficient (Wildman–Crippen LogP) is 3.25. The molecular formula is C22H25N3O. The van der Waals surface area contributed by atoms with Gasteiger partial charge in [-0.3, -0.25) is 4.79 Å². The van der Waals surface area contributed by atoms with Gasteiger partial charge in [-0.2, -0.15) is 0 Å². The zero-order chi connectivity index (χ0) is 18.1. The van der Waals surface area contributed by atoms with Crippen molar-refractivity contribution >= 4 is 16.8 Å². The third-order valence-electron chi connectivity index (χ3n) is 5.20. The first-order valence-corrected chi connectivity index (χ1v) is 9.23. The Labute approximate surface area is 154 Å². The fourth-order valence-corrected chi connectivity index (χ4v) is 3.84. The van der Waals surface area contributed by atoms with Gasteiger partial charge in [0.05, 0.1) is 0 Å². The van der Waals surface area contributed by atoms with Crippen molar-refractivity contribution in [3.05, 3.63) is 71.4 Å². The minimum atomic E-state index is 0.167. The van der Waals surface area contributed by atoms with Crippen molar-refractivity contribution in [1.29, 1.82) is 0 Å². The molecule has 4 heteroatoms. The maximum Gasteiger partial charge on any atom is 0.270 e. The van der Waals surface area contributed by atoms with Crippen molar-refractivity contribution in [3.63, 3.8) is 0 Å². The van der Waals surface area contributed by atoms with Crippen LogP contribution in [0.15, 0.2) is 54.6 Å². The molecule has 4 rings (SSSR count). The molecule has 0 atom stereocenters. The quantitative estimate of drug-likeness (QED) is 0.709. The number of aromatic nitrogens is 1. The smallest absolute Gasteiger partial charge is 0.270 e. The van der Waals surface area contributed by atoms with Crippen LogP contribution in [0.2, 0.25) is 0 Å². The van der Waals surface area contributed by atoms with Gasteiger partial charge in [-0.1, -0.05) is 48.5 Å². The zero-order valence-electron chi connectivity index (χ0n) is 15.5. The van der Waals surface area contributed by atoms with Gasteiger partial charge in [0.2, 0.25) is 0 Å². The molecule has 0 saturated carbocycles. The Morgan fingerprint density at radius 3 is 2.50 bits per heavy atom. The summed E-state index contributed by atoms with van der Waals surface area (Å²) in [6.45, 7) is 3.20. The molecule has 0 bridgehead atoms. The van der Waals surface area contributed by atoms with Gasteiger partial charge in [0.25, 0.3) is 5.91 Å². The summed E-state index contributed by atoms with van der Waals surface area (Å²) in [5.74, 6) is 0.167. The van der Waals surface area contributed by atoms with Crippen molar-refractivity contribution in [1.82, 2.24) is 14.4 Å². The highest BCUT2D eigenvalue weighted by molar-refractivity contribution is 6.03. The molecule has 1 amide bonds. The van der Waals surface area contributed by atoms with Gasteiger partial charge in [0.15, 0.2) is 0 Å². The highest BCUT2D eigenvalue weighted by Crippen LogP contribution is 2.31. The molecule has 2 heterocycles. The Bertz CT molecular complexity index is 927. The summed E-state index contributed by atoms with van der Waals surface area (Å²) >= 11 is 0. The summed E-state index contributed by atoms with van der Waals surface area (Å²) in [5, 5.41) is 1.22. The van der Waals surface area contributed by atoms with E-state index < -0.39 is 0 Å². The molecule has 3 aromatic rings. The molecule has 134 valence electrons. The number of carbonyl (C=O) groups is 1. The molecule has 2 aromatic carbocycles. The Hall–Kier alpha value is -2.59. The van der Waals surface area contributed by atoms with Gasteiger partial charge in [0, 0.05) is 37.1 Å². The predicted molar refractivity (Wildman–Crippen MR) is 106 cm³/mol. The average molecular weight is 347 g/mol. The Morgan fingerprint density at radius 2 is 1.73 bits per heavy atom. The van der Waals surface area contributed by atoms with Crippen molar-refractivity contribution in [3.8, 4) is 0 Å². The molecule has 1 aliphatic rings. The standard InChI is InChI=1S/C22H25N3O/c1-23(2)14-15-24-13-12-19-18-10-6-7-11-20(18)25(21(19)22(24)26)16-17-8-4-3-5-9-17/h3-11H,12-16H2,1-2H3. The average Bonchev–Trinajstić information content (AvgIpc) is 2.97. The van der Waals surface area contributed by atoms with Crippen LogP contribution in [0.5, 0.6) is 0 Å². The molecule has 26 heavy (non-hydrogen) atoms. The van der Waals surface area contributed by atoms with Crippen LogP contribution < -0.4 is 0 Å². The zero-order valence-corrected chi connectivity index (χ0v) is 15.5. The van der Waals surface area contributed by atoms with Gasteiger partial charge in [-0.05, 0) is 37.7 Å². The monoisotopic (exact) mass is 347 g/mol. The minimum Gasteiger partial charge on any atom is -0.336 e. The minimum absolute atomic E-state index is 0.167. The molecule has 1 aromatic heterocycles. The Morgan fingerprint density at radius 1 is 1.00 bits per heavy atom. The van der Waals surface area contributed by atoms with E-state index in [2.05, 4.69) is 58.0 Å². The number of hydrogen-bond donors (Lipinski definition) is 0. The van der Waals surface area contributed by atoms with Crippen LogP contribution in [0.4, 0.5) is 0 Å². The van der Waals surface area contributed by atoms with Crippen molar-refractivity contribution in [2.45, 2.75) is 13.0 Å². The topological polar surface area (TPSA) is 28.5 Å². The fourth-order valence-electron chi connectivity index (χ4n) is 3.84. The number of fused-ring (bicyclic) bond motifs is 3. The molecule has 0 saturated heterocycles. The third kappa shape index (κ3) is 3.01. The van der Waals surface area contributed by atoms with E-state index >= 15 is 0 Å². The molecule has 1 aliphatic heterocycles. The number of para-hydroxylation sites is 1. The molecule has 0 spiro atoms. The van der Waals surface area contributed by atoms with E-state index in [1.165, 1.54) is 16.5 Å². The lowest BCUT2D eigenvalue weighted by atomic mass is 10.0. The molecule has 0 radical (unpaired) electrons. The lowest BCUT2D eigenvalue weighted by Crippen LogP contribution is -2.42. The first-order valence-electron chi connectivity index (χ1n) is 9.23. The van der Waals surface area contributed by atoms with Crippen molar-refractivity contribution < 1.29 is 4.79 Å².